The molecule has 0 aliphatic carbocycles. The minimum Gasteiger partial charge on any atom is -0.480 e. The van der Waals surface area contributed by atoms with Gasteiger partial charge in [0.2, 0.25) is 0 Å². The molecule has 0 aromatic heterocycles. The zero-order valence-electron chi connectivity index (χ0n) is 13.2. The average molecular weight is 324 g/mol. The van der Waals surface area contributed by atoms with Crippen LogP contribution in [0, 0.1) is 0 Å². The SMILES string of the molecule is CSc1ccc([C@@H](C(=O)O)N(C)CCN2CCOCC2)cc1. The average Bonchev–Trinajstić information content (AvgIpc) is 2.54. The second-order valence-electron chi connectivity index (χ2n) is 5.45. The van der Waals surface area contributed by atoms with Crippen LogP contribution in [0.15, 0.2) is 29.2 Å². The van der Waals surface area contributed by atoms with Gasteiger partial charge in [-0.15, -0.1) is 11.8 Å². The molecule has 1 atom stereocenters. The van der Waals surface area contributed by atoms with Crippen molar-refractivity contribution < 1.29 is 14.6 Å². The van der Waals surface area contributed by atoms with Crippen molar-refractivity contribution in [3.05, 3.63) is 29.8 Å². The summed E-state index contributed by atoms with van der Waals surface area (Å²) in [5, 5.41) is 9.58. The van der Waals surface area contributed by atoms with E-state index in [1.807, 2.05) is 42.5 Å². The lowest BCUT2D eigenvalue weighted by Crippen LogP contribution is -2.42. The summed E-state index contributed by atoms with van der Waals surface area (Å²) >= 11 is 1.66. The molecular formula is C16H24N2O3S. The molecule has 1 aromatic carbocycles. The Hall–Kier alpha value is -1.08. The number of rotatable bonds is 7. The highest BCUT2D eigenvalue weighted by atomic mass is 32.2. The zero-order chi connectivity index (χ0) is 15.9. The first-order chi connectivity index (χ1) is 10.6. The molecule has 0 unspecified atom stereocenters. The minimum atomic E-state index is -0.804. The lowest BCUT2D eigenvalue weighted by Gasteiger charge is -2.30. The predicted octanol–water partition coefficient (Wildman–Crippen LogP) is 1.80. The van der Waals surface area contributed by atoms with E-state index in [4.69, 9.17) is 4.74 Å². The summed E-state index contributed by atoms with van der Waals surface area (Å²) in [6.45, 7) is 4.97. The predicted molar refractivity (Wildman–Crippen MR) is 88.5 cm³/mol. The lowest BCUT2D eigenvalue weighted by molar-refractivity contribution is -0.143. The molecule has 1 aromatic rings. The molecular weight excluding hydrogens is 300 g/mol. The maximum atomic E-state index is 11.7. The van der Waals surface area contributed by atoms with Crippen molar-refractivity contribution in [1.82, 2.24) is 9.80 Å². The van der Waals surface area contributed by atoms with Gasteiger partial charge in [0.05, 0.1) is 13.2 Å². The molecule has 5 nitrogen and oxygen atoms in total. The van der Waals surface area contributed by atoms with Gasteiger partial charge in [0.1, 0.15) is 6.04 Å². The Labute approximate surface area is 136 Å². The summed E-state index contributed by atoms with van der Waals surface area (Å²) in [6.07, 6.45) is 2.01. The van der Waals surface area contributed by atoms with Gasteiger partial charge in [-0.05, 0) is 31.0 Å². The van der Waals surface area contributed by atoms with E-state index in [2.05, 4.69) is 4.90 Å². The number of ether oxygens (including phenoxy) is 1. The van der Waals surface area contributed by atoms with Gasteiger partial charge in [-0.2, -0.15) is 0 Å². The molecule has 0 spiro atoms. The molecule has 0 saturated carbocycles. The van der Waals surface area contributed by atoms with Crippen LogP contribution >= 0.6 is 11.8 Å². The fraction of sp³-hybridized carbons (Fsp3) is 0.562. The van der Waals surface area contributed by atoms with Crippen LogP contribution in [-0.4, -0.2) is 73.6 Å². The first-order valence-electron chi connectivity index (χ1n) is 7.49. The summed E-state index contributed by atoms with van der Waals surface area (Å²) in [7, 11) is 1.88. The summed E-state index contributed by atoms with van der Waals surface area (Å²) in [5.41, 5.74) is 0.828. The standard InChI is InChI=1S/C16H24N2O3S/c1-17(7-8-18-9-11-21-12-10-18)15(16(19)20)13-3-5-14(22-2)6-4-13/h3-6,15H,7-12H2,1-2H3,(H,19,20)/t15-/m0/s1. The number of nitrogens with zero attached hydrogens (tertiary/aromatic N) is 2. The van der Waals surface area contributed by atoms with Gasteiger partial charge >= 0.3 is 5.97 Å². The Morgan fingerprint density at radius 1 is 1.36 bits per heavy atom. The van der Waals surface area contributed by atoms with Crippen LogP contribution in [0.25, 0.3) is 0 Å². The number of carboxylic acid groups (broad SMARTS) is 1. The molecule has 0 radical (unpaired) electrons. The van der Waals surface area contributed by atoms with Crippen LogP contribution in [0.1, 0.15) is 11.6 Å². The van der Waals surface area contributed by atoms with E-state index < -0.39 is 12.0 Å². The number of morpholine rings is 1. The van der Waals surface area contributed by atoms with Crippen molar-refractivity contribution in [1.29, 1.82) is 0 Å². The Morgan fingerprint density at radius 2 is 2.00 bits per heavy atom. The van der Waals surface area contributed by atoms with Gasteiger partial charge in [0.25, 0.3) is 0 Å². The third kappa shape index (κ3) is 4.71. The molecule has 2 rings (SSSR count). The maximum Gasteiger partial charge on any atom is 0.325 e. The minimum absolute atomic E-state index is 0.600. The van der Waals surface area contributed by atoms with Crippen molar-refractivity contribution in [2.75, 3.05) is 52.7 Å². The van der Waals surface area contributed by atoms with E-state index in [1.165, 1.54) is 0 Å². The Bertz CT molecular complexity index is 475. The van der Waals surface area contributed by atoms with E-state index in [1.54, 1.807) is 11.8 Å². The number of likely N-dealkylation sites (N-methyl/N-ethyl adjacent to an activating group) is 1. The van der Waals surface area contributed by atoms with Crippen LogP contribution in [0.3, 0.4) is 0 Å². The van der Waals surface area contributed by atoms with Gasteiger partial charge < -0.3 is 9.84 Å². The van der Waals surface area contributed by atoms with Crippen LogP contribution in [0.5, 0.6) is 0 Å². The molecule has 1 fully saturated rings. The Morgan fingerprint density at radius 3 is 2.55 bits per heavy atom. The lowest BCUT2D eigenvalue weighted by atomic mass is 10.1. The van der Waals surface area contributed by atoms with E-state index >= 15 is 0 Å². The van der Waals surface area contributed by atoms with Crippen molar-refractivity contribution >= 4 is 17.7 Å². The molecule has 0 amide bonds. The smallest absolute Gasteiger partial charge is 0.325 e. The molecule has 1 saturated heterocycles. The van der Waals surface area contributed by atoms with Crippen molar-refractivity contribution in [2.24, 2.45) is 0 Å². The van der Waals surface area contributed by atoms with Gasteiger partial charge in [0, 0.05) is 31.1 Å². The first-order valence-corrected chi connectivity index (χ1v) is 8.71. The van der Waals surface area contributed by atoms with Crippen LogP contribution in [0.4, 0.5) is 0 Å². The molecule has 1 aliphatic heterocycles. The fourth-order valence-electron chi connectivity index (χ4n) is 2.62. The summed E-state index contributed by atoms with van der Waals surface area (Å²) in [5.74, 6) is -0.804. The van der Waals surface area contributed by atoms with E-state index in [0.717, 1.165) is 49.9 Å². The van der Waals surface area contributed by atoms with E-state index in [9.17, 15) is 9.90 Å². The molecule has 1 aliphatic rings. The molecule has 22 heavy (non-hydrogen) atoms. The van der Waals surface area contributed by atoms with E-state index in [0.29, 0.717) is 0 Å². The zero-order valence-corrected chi connectivity index (χ0v) is 14.0. The van der Waals surface area contributed by atoms with Crippen molar-refractivity contribution in [3.63, 3.8) is 0 Å². The number of thioether (sulfide) groups is 1. The number of aliphatic carboxylic acids is 1. The first kappa shape index (κ1) is 17.3. The number of hydrogen-bond donors (Lipinski definition) is 1. The largest absolute Gasteiger partial charge is 0.480 e. The third-order valence-electron chi connectivity index (χ3n) is 3.98. The highest BCUT2D eigenvalue weighted by molar-refractivity contribution is 7.98. The maximum absolute atomic E-state index is 11.7. The summed E-state index contributed by atoms with van der Waals surface area (Å²) < 4.78 is 5.33. The number of benzene rings is 1. The van der Waals surface area contributed by atoms with Crippen LogP contribution in [-0.2, 0) is 9.53 Å². The highest BCUT2D eigenvalue weighted by Crippen LogP contribution is 2.23. The number of carbonyl (C=O) groups is 1. The topological polar surface area (TPSA) is 53.0 Å². The van der Waals surface area contributed by atoms with Crippen LogP contribution < -0.4 is 0 Å². The van der Waals surface area contributed by atoms with Crippen LogP contribution in [0.2, 0.25) is 0 Å². The van der Waals surface area contributed by atoms with Crippen molar-refractivity contribution in [3.8, 4) is 0 Å². The van der Waals surface area contributed by atoms with E-state index in [-0.39, 0.29) is 0 Å². The molecule has 122 valence electrons. The monoisotopic (exact) mass is 324 g/mol. The van der Waals surface area contributed by atoms with Crippen molar-refractivity contribution in [2.45, 2.75) is 10.9 Å². The van der Waals surface area contributed by atoms with Gasteiger partial charge in [0.15, 0.2) is 0 Å². The second kappa shape index (κ2) is 8.53. The molecule has 1 heterocycles. The van der Waals surface area contributed by atoms with Gasteiger partial charge in [-0.1, -0.05) is 12.1 Å². The Kier molecular flexibility index (Phi) is 6.70. The Balaban J connectivity index is 1.97. The fourth-order valence-corrected chi connectivity index (χ4v) is 3.03. The second-order valence-corrected chi connectivity index (χ2v) is 6.33. The molecule has 6 heteroatoms. The van der Waals surface area contributed by atoms with Gasteiger partial charge in [-0.25, -0.2) is 0 Å². The molecule has 0 bridgehead atoms. The third-order valence-corrected chi connectivity index (χ3v) is 4.72. The quantitative estimate of drug-likeness (QED) is 0.772. The summed E-state index contributed by atoms with van der Waals surface area (Å²) in [4.78, 5) is 17.0. The highest BCUT2D eigenvalue weighted by Gasteiger charge is 2.25. The molecule has 1 N–H and O–H groups in total. The number of carboxylic acids is 1. The van der Waals surface area contributed by atoms with Gasteiger partial charge in [-0.3, -0.25) is 14.6 Å². The number of hydrogen-bond acceptors (Lipinski definition) is 5. The normalized spacial score (nSPS) is 17.6. The summed E-state index contributed by atoms with van der Waals surface area (Å²) in [6, 6.07) is 7.18.